The van der Waals surface area contributed by atoms with E-state index in [0.29, 0.717) is 24.2 Å². The molecule has 0 radical (unpaired) electrons. The average molecular weight is 425 g/mol. The quantitative estimate of drug-likeness (QED) is 0.576. The number of rotatable bonds is 8. The molecule has 0 spiro atoms. The Bertz CT molecular complexity index is 1110. The van der Waals surface area contributed by atoms with Crippen LogP contribution >= 0.6 is 0 Å². The smallest absolute Gasteiger partial charge is 0.261 e. The SMILES string of the molecule is COc1ccc(CCNC(=O)c2cccc(NS(=O)(=O)c3ccc(C)cc3)c2)cc1. The molecule has 0 bridgehead atoms. The molecular formula is C23H24N2O4S. The van der Waals surface area contributed by atoms with Crippen LogP contribution in [-0.4, -0.2) is 28.0 Å². The summed E-state index contributed by atoms with van der Waals surface area (Å²) < 4.78 is 32.7. The van der Waals surface area contributed by atoms with E-state index in [0.717, 1.165) is 16.9 Å². The molecule has 0 saturated heterocycles. The Hall–Kier alpha value is -3.32. The van der Waals surface area contributed by atoms with Crippen molar-refractivity contribution in [1.82, 2.24) is 5.32 Å². The lowest BCUT2D eigenvalue weighted by Crippen LogP contribution is -2.25. The zero-order valence-electron chi connectivity index (χ0n) is 16.9. The van der Waals surface area contributed by atoms with Gasteiger partial charge in [0.25, 0.3) is 15.9 Å². The second-order valence-corrected chi connectivity index (χ2v) is 8.54. The van der Waals surface area contributed by atoms with Crippen LogP contribution in [0.4, 0.5) is 5.69 Å². The molecule has 1 amide bonds. The Morgan fingerprint density at radius 2 is 1.67 bits per heavy atom. The Balaban J connectivity index is 1.61. The third kappa shape index (κ3) is 5.61. The van der Waals surface area contributed by atoms with Crippen molar-refractivity contribution in [2.45, 2.75) is 18.2 Å². The van der Waals surface area contributed by atoms with Gasteiger partial charge in [-0.3, -0.25) is 9.52 Å². The molecule has 0 saturated carbocycles. The number of amides is 1. The predicted molar refractivity (Wildman–Crippen MR) is 117 cm³/mol. The number of carbonyl (C=O) groups is 1. The van der Waals surface area contributed by atoms with Crippen molar-refractivity contribution in [3.05, 3.63) is 89.5 Å². The molecule has 3 aromatic rings. The van der Waals surface area contributed by atoms with E-state index in [2.05, 4.69) is 10.0 Å². The van der Waals surface area contributed by atoms with Gasteiger partial charge in [-0.25, -0.2) is 8.42 Å². The van der Waals surface area contributed by atoms with Gasteiger partial charge in [-0.05, 0) is 61.4 Å². The number of hydrogen-bond donors (Lipinski definition) is 2. The van der Waals surface area contributed by atoms with Gasteiger partial charge in [-0.2, -0.15) is 0 Å². The van der Waals surface area contributed by atoms with Crippen molar-refractivity contribution in [2.24, 2.45) is 0 Å². The lowest BCUT2D eigenvalue weighted by atomic mass is 10.1. The van der Waals surface area contributed by atoms with E-state index < -0.39 is 10.0 Å². The third-order valence-electron chi connectivity index (χ3n) is 4.57. The van der Waals surface area contributed by atoms with Gasteiger partial charge in [0, 0.05) is 17.8 Å². The molecule has 0 aromatic heterocycles. The van der Waals surface area contributed by atoms with Crippen LogP contribution in [0.1, 0.15) is 21.5 Å². The molecule has 6 nitrogen and oxygen atoms in total. The molecule has 2 N–H and O–H groups in total. The monoisotopic (exact) mass is 424 g/mol. The predicted octanol–water partition coefficient (Wildman–Crippen LogP) is 3.78. The largest absolute Gasteiger partial charge is 0.497 e. The number of anilines is 1. The molecule has 7 heteroatoms. The van der Waals surface area contributed by atoms with Gasteiger partial charge in [-0.15, -0.1) is 0 Å². The van der Waals surface area contributed by atoms with E-state index >= 15 is 0 Å². The Kier molecular flexibility index (Phi) is 6.74. The van der Waals surface area contributed by atoms with Crippen LogP contribution in [-0.2, 0) is 16.4 Å². The first kappa shape index (κ1) is 21.4. The van der Waals surface area contributed by atoms with Crippen molar-refractivity contribution in [3.63, 3.8) is 0 Å². The van der Waals surface area contributed by atoms with Crippen LogP contribution in [0.25, 0.3) is 0 Å². The van der Waals surface area contributed by atoms with Crippen LogP contribution in [0.15, 0.2) is 77.7 Å². The fraction of sp³-hybridized carbons (Fsp3) is 0.174. The number of ether oxygens (including phenoxy) is 1. The molecule has 0 fully saturated rings. The highest BCUT2D eigenvalue weighted by molar-refractivity contribution is 7.92. The highest BCUT2D eigenvalue weighted by Gasteiger charge is 2.15. The molecule has 156 valence electrons. The number of benzene rings is 3. The van der Waals surface area contributed by atoms with Crippen LogP contribution in [0.3, 0.4) is 0 Å². The van der Waals surface area contributed by atoms with E-state index in [1.807, 2.05) is 31.2 Å². The fourth-order valence-electron chi connectivity index (χ4n) is 2.87. The molecule has 3 aromatic carbocycles. The molecule has 0 aliphatic rings. The third-order valence-corrected chi connectivity index (χ3v) is 5.96. The van der Waals surface area contributed by atoms with Gasteiger partial charge in [0.15, 0.2) is 0 Å². The van der Waals surface area contributed by atoms with Crippen LogP contribution in [0, 0.1) is 6.92 Å². The van der Waals surface area contributed by atoms with E-state index in [9.17, 15) is 13.2 Å². The Labute approximate surface area is 177 Å². The van der Waals surface area contributed by atoms with Crippen LogP contribution in [0.5, 0.6) is 5.75 Å². The number of aryl methyl sites for hydroxylation is 1. The van der Waals surface area contributed by atoms with E-state index in [1.54, 1.807) is 49.6 Å². The molecule has 0 unspecified atom stereocenters. The first-order chi connectivity index (χ1) is 14.4. The van der Waals surface area contributed by atoms with Crippen LogP contribution in [0.2, 0.25) is 0 Å². The molecule has 0 aliphatic carbocycles. The van der Waals surface area contributed by atoms with Crippen molar-refractivity contribution in [1.29, 1.82) is 0 Å². The lowest BCUT2D eigenvalue weighted by Gasteiger charge is -2.10. The van der Waals surface area contributed by atoms with Gasteiger partial charge in [0.05, 0.1) is 12.0 Å². The Morgan fingerprint density at radius 3 is 2.33 bits per heavy atom. The number of hydrogen-bond acceptors (Lipinski definition) is 4. The second kappa shape index (κ2) is 9.45. The minimum atomic E-state index is -3.72. The summed E-state index contributed by atoms with van der Waals surface area (Å²) in [4.78, 5) is 12.6. The summed E-state index contributed by atoms with van der Waals surface area (Å²) in [5, 5.41) is 2.86. The topological polar surface area (TPSA) is 84.5 Å². The second-order valence-electron chi connectivity index (χ2n) is 6.85. The minimum Gasteiger partial charge on any atom is -0.497 e. The van der Waals surface area contributed by atoms with E-state index in [1.165, 1.54) is 6.07 Å². The molecule has 3 rings (SSSR count). The summed E-state index contributed by atoms with van der Waals surface area (Å²) >= 11 is 0. The summed E-state index contributed by atoms with van der Waals surface area (Å²) in [6, 6.07) is 20.6. The lowest BCUT2D eigenvalue weighted by molar-refractivity contribution is 0.0954. The summed E-state index contributed by atoms with van der Waals surface area (Å²) in [5.74, 6) is 0.521. The highest BCUT2D eigenvalue weighted by Crippen LogP contribution is 2.18. The van der Waals surface area contributed by atoms with E-state index in [-0.39, 0.29) is 10.8 Å². The molecular weight excluding hydrogens is 400 g/mol. The number of carbonyl (C=O) groups excluding carboxylic acids is 1. The van der Waals surface area contributed by atoms with Crippen molar-refractivity contribution in [3.8, 4) is 5.75 Å². The molecule has 0 atom stereocenters. The van der Waals surface area contributed by atoms with Gasteiger partial charge in [0.2, 0.25) is 0 Å². The summed E-state index contributed by atoms with van der Waals surface area (Å²) in [6.07, 6.45) is 0.676. The highest BCUT2D eigenvalue weighted by atomic mass is 32.2. The normalized spacial score (nSPS) is 11.0. The van der Waals surface area contributed by atoms with E-state index in [4.69, 9.17) is 4.74 Å². The summed E-state index contributed by atoms with van der Waals surface area (Å²) in [5.41, 5.74) is 2.77. The summed E-state index contributed by atoms with van der Waals surface area (Å²) in [6.45, 7) is 2.35. The van der Waals surface area contributed by atoms with Crippen molar-refractivity contribution in [2.75, 3.05) is 18.4 Å². The van der Waals surface area contributed by atoms with Crippen LogP contribution < -0.4 is 14.8 Å². The first-order valence-electron chi connectivity index (χ1n) is 9.48. The standard InChI is InChI=1S/C23H24N2O4S/c1-17-6-12-22(13-7-17)30(27,28)25-20-5-3-4-19(16-20)23(26)24-15-14-18-8-10-21(29-2)11-9-18/h3-13,16,25H,14-15H2,1-2H3,(H,24,26). The zero-order valence-corrected chi connectivity index (χ0v) is 17.7. The molecule has 0 aliphatic heterocycles. The fourth-order valence-corrected chi connectivity index (χ4v) is 3.92. The molecule has 0 heterocycles. The maximum Gasteiger partial charge on any atom is 0.261 e. The van der Waals surface area contributed by atoms with Gasteiger partial charge >= 0.3 is 0 Å². The maximum atomic E-state index is 12.5. The average Bonchev–Trinajstić information content (AvgIpc) is 2.74. The summed E-state index contributed by atoms with van der Waals surface area (Å²) in [7, 11) is -2.11. The van der Waals surface area contributed by atoms with Gasteiger partial charge in [-0.1, -0.05) is 35.9 Å². The minimum absolute atomic E-state index is 0.169. The molecule has 30 heavy (non-hydrogen) atoms. The van der Waals surface area contributed by atoms with Gasteiger partial charge < -0.3 is 10.1 Å². The Morgan fingerprint density at radius 1 is 0.967 bits per heavy atom. The van der Waals surface area contributed by atoms with Crippen molar-refractivity contribution < 1.29 is 17.9 Å². The first-order valence-corrected chi connectivity index (χ1v) is 11.0. The van der Waals surface area contributed by atoms with Gasteiger partial charge in [0.1, 0.15) is 5.75 Å². The number of nitrogens with one attached hydrogen (secondary N) is 2. The number of sulfonamides is 1. The number of methoxy groups -OCH3 is 1. The zero-order chi connectivity index (χ0) is 21.6. The van der Waals surface area contributed by atoms with Crippen molar-refractivity contribution >= 4 is 21.6 Å². The maximum absolute atomic E-state index is 12.5.